The lowest BCUT2D eigenvalue weighted by atomic mass is 9.83. The molecule has 2 aromatic heterocycles. The zero-order valence-electron chi connectivity index (χ0n) is 9.73. The minimum absolute atomic E-state index is 0.0281. The van der Waals surface area contributed by atoms with Gasteiger partial charge in [-0.2, -0.15) is 0 Å². The Kier molecular flexibility index (Phi) is 3.04. The number of Topliss-reactive ketones (excluding diaryl/α,β-unsaturated/α-hetero) is 1. The molecule has 0 fully saturated rings. The van der Waals surface area contributed by atoms with E-state index >= 15 is 0 Å². The van der Waals surface area contributed by atoms with Crippen LogP contribution in [0.2, 0.25) is 0 Å². The molecular formula is C14H12BrNO2. The second kappa shape index (κ2) is 4.69. The van der Waals surface area contributed by atoms with Gasteiger partial charge in [0, 0.05) is 6.20 Å². The van der Waals surface area contributed by atoms with Gasteiger partial charge in [0.15, 0.2) is 10.4 Å². The van der Waals surface area contributed by atoms with Crippen molar-refractivity contribution in [1.82, 2.24) is 4.98 Å². The third-order valence-corrected chi connectivity index (χ3v) is 3.75. The highest BCUT2D eigenvalue weighted by atomic mass is 79.9. The fourth-order valence-electron chi connectivity index (χ4n) is 2.48. The highest BCUT2D eigenvalue weighted by Gasteiger charge is 2.30. The maximum atomic E-state index is 12.4. The zero-order chi connectivity index (χ0) is 12.5. The number of pyridine rings is 1. The smallest absolute Gasteiger partial charge is 0.207 e. The van der Waals surface area contributed by atoms with E-state index in [1.54, 1.807) is 18.3 Å². The van der Waals surface area contributed by atoms with Crippen LogP contribution >= 0.6 is 15.9 Å². The van der Waals surface area contributed by atoms with E-state index in [4.69, 9.17) is 4.42 Å². The number of nitrogens with zero attached hydrogens (tertiary/aromatic N) is 1. The molecule has 1 atom stereocenters. The lowest BCUT2D eigenvalue weighted by Crippen LogP contribution is -2.19. The van der Waals surface area contributed by atoms with Gasteiger partial charge in [0.25, 0.3) is 0 Å². The molecule has 1 unspecified atom stereocenters. The predicted octanol–water partition coefficient (Wildman–Crippen LogP) is 3.74. The Morgan fingerprint density at radius 1 is 1.39 bits per heavy atom. The second-order valence-corrected chi connectivity index (χ2v) is 5.24. The van der Waals surface area contributed by atoms with Crippen molar-refractivity contribution in [2.75, 3.05) is 0 Å². The first-order valence-corrected chi connectivity index (χ1v) is 6.78. The van der Waals surface area contributed by atoms with Gasteiger partial charge in [-0.25, -0.2) is 0 Å². The summed E-state index contributed by atoms with van der Waals surface area (Å²) in [4.78, 5) is 16.8. The summed E-state index contributed by atoms with van der Waals surface area (Å²) in [6, 6.07) is 7.44. The molecule has 0 bridgehead atoms. The van der Waals surface area contributed by atoms with Gasteiger partial charge in [0.2, 0.25) is 5.78 Å². The molecule has 0 amide bonds. The third kappa shape index (κ3) is 2.01. The van der Waals surface area contributed by atoms with Crippen LogP contribution < -0.4 is 0 Å². The van der Waals surface area contributed by atoms with E-state index in [0.717, 1.165) is 25.0 Å². The largest absolute Gasteiger partial charge is 0.446 e. The van der Waals surface area contributed by atoms with E-state index in [9.17, 15) is 4.79 Å². The van der Waals surface area contributed by atoms with Crippen molar-refractivity contribution in [3.8, 4) is 0 Å². The third-order valence-electron chi connectivity index (χ3n) is 3.33. The van der Waals surface area contributed by atoms with E-state index in [2.05, 4.69) is 27.0 Å². The fraction of sp³-hybridized carbons (Fsp3) is 0.286. The number of furan rings is 1. The summed E-state index contributed by atoms with van der Waals surface area (Å²) in [6.07, 6.45) is 4.63. The monoisotopic (exact) mass is 305 g/mol. The van der Waals surface area contributed by atoms with Crippen LogP contribution in [-0.2, 0) is 6.42 Å². The normalized spacial score (nSPS) is 18.4. The maximum absolute atomic E-state index is 12.4. The molecular weight excluding hydrogens is 294 g/mol. The van der Waals surface area contributed by atoms with Crippen LogP contribution in [0.5, 0.6) is 0 Å². The summed E-state index contributed by atoms with van der Waals surface area (Å²) in [7, 11) is 0. The lowest BCUT2D eigenvalue weighted by Gasteiger charge is -2.22. The minimum atomic E-state index is -0.159. The van der Waals surface area contributed by atoms with Crippen LogP contribution in [0.25, 0.3) is 0 Å². The van der Waals surface area contributed by atoms with Crippen LogP contribution in [0.4, 0.5) is 0 Å². The predicted molar refractivity (Wildman–Crippen MR) is 70.7 cm³/mol. The van der Waals surface area contributed by atoms with Crippen molar-refractivity contribution < 1.29 is 9.21 Å². The number of carbonyl (C=O) groups is 1. The van der Waals surface area contributed by atoms with Gasteiger partial charge in [-0.05, 0) is 59.0 Å². The molecule has 0 saturated heterocycles. The first-order chi connectivity index (χ1) is 8.75. The molecule has 0 radical (unpaired) electrons. The average Bonchev–Trinajstić information content (AvgIpc) is 2.84. The molecule has 0 saturated carbocycles. The summed E-state index contributed by atoms with van der Waals surface area (Å²) in [5, 5.41) is 0. The first kappa shape index (κ1) is 11.7. The number of hydrogen-bond donors (Lipinski definition) is 0. The molecule has 1 aliphatic carbocycles. The van der Waals surface area contributed by atoms with Gasteiger partial charge >= 0.3 is 0 Å². The average molecular weight is 306 g/mol. The minimum Gasteiger partial charge on any atom is -0.446 e. The van der Waals surface area contributed by atoms with E-state index < -0.39 is 0 Å². The standard InChI is InChI=1S/C14H12BrNO2/c15-12-7-6-11(18-12)14(17)10-5-1-3-9-4-2-8-16-13(9)10/h2,4,6-8,10H,1,3,5H2. The number of aromatic nitrogens is 1. The molecule has 4 heteroatoms. The van der Waals surface area contributed by atoms with Gasteiger partial charge < -0.3 is 4.42 Å². The Hall–Kier alpha value is -1.42. The van der Waals surface area contributed by atoms with Crippen LogP contribution in [0.1, 0.15) is 40.6 Å². The quantitative estimate of drug-likeness (QED) is 0.794. The fourth-order valence-corrected chi connectivity index (χ4v) is 2.79. The Morgan fingerprint density at radius 3 is 3.06 bits per heavy atom. The van der Waals surface area contributed by atoms with Gasteiger partial charge in [0.05, 0.1) is 11.6 Å². The van der Waals surface area contributed by atoms with Crippen molar-refractivity contribution in [1.29, 1.82) is 0 Å². The zero-order valence-corrected chi connectivity index (χ0v) is 11.3. The summed E-state index contributed by atoms with van der Waals surface area (Å²) in [5.41, 5.74) is 2.11. The lowest BCUT2D eigenvalue weighted by molar-refractivity contribution is 0.0920. The van der Waals surface area contributed by atoms with Crippen molar-refractivity contribution in [3.63, 3.8) is 0 Å². The molecule has 3 nitrogen and oxygen atoms in total. The maximum Gasteiger partial charge on any atom is 0.207 e. The molecule has 92 valence electrons. The summed E-state index contributed by atoms with van der Waals surface area (Å²) >= 11 is 3.22. The summed E-state index contributed by atoms with van der Waals surface area (Å²) < 4.78 is 5.94. The Morgan fingerprint density at radius 2 is 2.28 bits per heavy atom. The van der Waals surface area contributed by atoms with Crippen LogP contribution in [-0.4, -0.2) is 10.8 Å². The molecule has 0 aromatic carbocycles. The van der Waals surface area contributed by atoms with Gasteiger partial charge in [-0.3, -0.25) is 9.78 Å². The van der Waals surface area contributed by atoms with Crippen LogP contribution in [0.15, 0.2) is 39.5 Å². The summed E-state index contributed by atoms with van der Waals surface area (Å²) in [5.74, 6) is 0.277. The molecule has 18 heavy (non-hydrogen) atoms. The highest BCUT2D eigenvalue weighted by Crippen LogP contribution is 2.33. The van der Waals surface area contributed by atoms with Gasteiger partial charge in [-0.15, -0.1) is 0 Å². The van der Waals surface area contributed by atoms with Crippen molar-refractivity contribution in [2.24, 2.45) is 0 Å². The van der Waals surface area contributed by atoms with Crippen molar-refractivity contribution >= 4 is 21.7 Å². The second-order valence-electron chi connectivity index (χ2n) is 4.46. The topological polar surface area (TPSA) is 43.1 Å². The van der Waals surface area contributed by atoms with Crippen LogP contribution in [0, 0.1) is 0 Å². The number of ketones is 1. The number of halogens is 1. The molecule has 2 aromatic rings. The molecule has 1 aliphatic rings. The van der Waals surface area contributed by atoms with Gasteiger partial charge in [0.1, 0.15) is 0 Å². The number of carbonyl (C=O) groups excluding carboxylic acids is 1. The van der Waals surface area contributed by atoms with E-state index in [0.29, 0.717) is 10.4 Å². The Bertz CT molecular complexity index is 591. The van der Waals surface area contributed by atoms with E-state index in [-0.39, 0.29) is 11.7 Å². The highest BCUT2D eigenvalue weighted by molar-refractivity contribution is 9.10. The molecule has 2 heterocycles. The summed E-state index contributed by atoms with van der Waals surface area (Å²) in [6.45, 7) is 0. The molecule has 0 N–H and O–H groups in total. The molecule has 0 aliphatic heterocycles. The molecule has 3 rings (SSSR count). The van der Waals surface area contributed by atoms with E-state index in [1.165, 1.54) is 5.56 Å². The van der Waals surface area contributed by atoms with Crippen molar-refractivity contribution in [3.05, 3.63) is 52.1 Å². The number of rotatable bonds is 2. The van der Waals surface area contributed by atoms with E-state index in [1.807, 2.05) is 6.07 Å². The number of aryl methyl sites for hydroxylation is 1. The SMILES string of the molecule is O=C(c1ccc(Br)o1)C1CCCc2cccnc21. The number of fused-ring (bicyclic) bond motifs is 1. The van der Waals surface area contributed by atoms with Crippen molar-refractivity contribution in [2.45, 2.75) is 25.2 Å². The molecule has 0 spiro atoms. The Labute approximate surface area is 113 Å². The van der Waals surface area contributed by atoms with Crippen LogP contribution in [0.3, 0.4) is 0 Å². The van der Waals surface area contributed by atoms with Gasteiger partial charge in [-0.1, -0.05) is 6.07 Å². The number of hydrogen-bond acceptors (Lipinski definition) is 3. The Balaban J connectivity index is 1.96. The first-order valence-electron chi connectivity index (χ1n) is 5.99.